The van der Waals surface area contributed by atoms with E-state index in [4.69, 9.17) is 8.83 Å². The van der Waals surface area contributed by atoms with Crippen LogP contribution in [0.1, 0.15) is 0 Å². The van der Waals surface area contributed by atoms with E-state index in [2.05, 4.69) is 220 Å². The van der Waals surface area contributed by atoms with Crippen LogP contribution in [0.5, 0.6) is 0 Å². The molecule has 0 amide bonds. The molecule has 0 saturated carbocycles. The molecule has 0 spiro atoms. The zero-order chi connectivity index (χ0) is 43.7. The van der Waals surface area contributed by atoms with Gasteiger partial charge in [0.1, 0.15) is 16.7 Å². The van der Waals surface area contributed by atoms with Crippen LogP contribution in [-0.2, 0) is 0 Å². The van der Waals surface area contributed by atoms with Crippen molar-refractivity contribution in [2.24, 2.45) is 0 Å². The van der Waals surface area contributed by atoms with Gasteiger partial charge in [-0.25, -0.2) is 0 Å². The standard InChI is InChI=1S/C62H37N3O2/c1-2-12-42(13-3-1)65-57-32-24-39(36-52(57)61-48-17-7-11-21-59(48)67-62(61)65)38-22-27-43(28-23-38)63-53-18-8-4-14-45(53)49-34-40(25-30-55(49)63)41-26-31-56-50(35-41)46-15-5-9-19-54(46)64(56)44-29-33-60-51(37-44)47-16-6-10-20-58(47)66-60/h1-37H. The highest BCUT2D eigenvalue weighted by Crippen LogP contribution is 2.42. The van der Waals surface area contributed by atoms with Crippen molar-refractivity contribution in [3.63, 3.8) is 0 Å². The van der Waals surface area contributed by atoms with Crippen molar-refractivity contribution in [3.05, 3.63) is 224 Å². The van der Waals surface area contributed by atoms with Crippen LogP contribution in [0.25, 0.3) is 138 Å². The Morgan fingerprint density at radius 1 is 0.239 bits per heavy atom. The number of rotatable bonds is 5. The molecule has 10 aromatic carbocycles. The lowest BCUT2D eigenvalue weighted by Crippen LogP contribution is -1.94. The minimum Gasteiger partial charge on any atom is -0.456 e. The van der Waals surface area contributed by atoms with E-state index >= 15 is 0 Å². The summed E-state index contributed by atoms with van der Waals surface area (Å²) in [4.78, 5) is 0. The van der Waals surface area contributed by atoms with Gasteiger partial charge in [0.2, 0.25) is 5.71 Å². The second kappa shape index (κ2) is 13.7. The molecule has 15 aromatic rings. The number of nitrogens with zero attached hydrogens (tertiary/aromatic N) is 3. The molecule has 0 aliphatic heterocycles. The van der Waals surface area contributed by atoms with E-state index in [1.54, 1.807) is 0 Å². The molecule has 5 nitrogen and oxygen atoms in total. The molecule has 0 unspecified atom stereocenters. The van der Waals surface area contributed by atoms with Gasteiger partial charge < -0.3 is 18.0 Å². The number of para-hydroxylation sites is 5. The Kier molecular flexibility index (Phi) is 7.44. The summed E-state index contributed by atoms with van der Waals surface area (Å²) in [6, 6.07) is 80.9. The summed E-state index contributed by atoms with van der Waals surface area (Å²) in [5.41, 5.74) is 17.4. The van der Waals surface area contributed by atoms with Crippen LogP contribution in [-0.4, -0.2) is 13.7 Å². The van der Waals surface area contributed by atoms with Gasteiger partial charge >= 0.3 is 0 Å². The van der Waals surface area contributed by atoms with Crippen molar-refractivity contribution in [1.82, 2.24) is 13.7 Å². The zero-order valence-corrected chi connectivity index (χ0v) is 36.0. The third-order valence-electron chi connectivity index (χ3n) is 14.1. The number of benzene rings is 10. The number of furan rings is 2. The van der Waals surface area contributed by atoms with Crippen LogP contribution in [0.3, 0.4) is 0 Å². The predicted octanol–water partition coefficient (Wildman–Crippen LogP) is 17.0. The minimum absolute atomic E-state index is 0.867. The van der Waals surface area contributed by atoms with Crippen LogP contribution in [0, 0.1) is 0 Å². The number of hydrogen-bond donors (Lipinski definition) is 0. The Balaban J connectivity index is 0.825. The van der Waals surface area contributed by atoms with Crippen LogP contribution >= 0.6 is 0 Å². The molecule has 0 aliphatic rings. The maximum absolute atomic E-state index is 6.55. The number of fused-ring (bicyclic) bond motifs is 14. The second-order valence-corrected chi connectivity index (χ2v) is 17.7. The summed E-state index contributed by atoms with van der Waals surface area (Å²) in [5, 5.41) is 10.6. The minimum atomic E-state index is 0.867. The van der Waals surface area contributed by atoms with Crippen molar-refractivity contribution in [2.75, 3.05) is 0 Å². The molecule has 0 radical (unpaired) electrons. The lowest BCUT2D eigenvalue weighted by molar-refractivity contribution is 0.645. The molecule has 5 aromatic heterocycles. The number of aromatic nitrogens is 3. The highest BCUT2D eigenvalue weighted by atomic mass is 16.3. The second-order valence-electron chi connectivity index (χ2n) is 17.7. The van der Waals surface area contributed by atoms with Crippen LogP contribution < -0.4 is 0 Å². The average Bonchev–Trinajstić information content (AvgIpc) is 4.19. The third kappa shape index (κ3) is 5.25. The molecular formula is C62H37N3O2. The summed E-state index contributed by atoms with van der Waals surface area (Å²) in [6.07, 6.45) is 0. The quantitative estimate of drug-likeness (QED) is 0.173. The van der Waals surface area contributed by atoms with E-state index in [0.29, 0.717) is 0 Å². The summed E-state index contributed by atoms with van der Waals surface area (Å²) in [6.45, 7) is 0. The van der Waals surface area contributed by atoms with E-state index < -0.39 is 0 Å². The maximum atomic E-state index is 6.55. The van der Waals surface area contributed by atoms with Crippen LogP contribution in [0.4, 0.5) is 0 Å². The van der Waals surface area contributed by atoms with Crippen molar-refractivity contribution in [3.8, 4) is 39.3 Å². The smallest absolute Gasteiger partial charge is 0.213 e. The molecule has 0 aliphatic carbocycles. The van der Waals surface area contributed by atoms with E-state index in [-0.39, 0.29) is 0 Å². The molecule has 67 heavy (non-hydrogen) atoms. The van der Waals surface area contributed by atoms with Gasteiger partial charge in [-0.15, -0.1) is 0 Å². The first-order valence-electron chi connectivity index (χ1n) is 22.8. The number of hydrogen-bond acceptors (Lipinski definition) is 2. The molecule has 15 rings (SSSR count). The van der Waals surface area contributed by atoms with E-state index in [1.165, 1.54) is 60.1 Å². The molecule has 5 heteroatoms. The fraction of sp³-hybridized carbons (Fsp3) is 0. The lowest BCUT2D eigenvalue weighted by atomic mass is 10.0. The topological polar surface area (TPSA) is 41.1 Å². The van der Waals surface area contributed by atoms with Gasteiger partial charge in [-0.05, 0) is 125 Å². The first-order valence-corrected chi connectivity index (χ1v) is 22.8. The molecule has 0 N–H and O–H groups in total. The van der Waals surface area contributed by atoms with Crippen molar-refractivity contribution >= 4 is 98.5 Å². The molecule has 0 bridgehead atoms. The molecule has 5 heterocycles. The highest BCUT2D eigenvalue weighted by molar-refractivity contribution is 6.21. The van der Waals surface area contributed by atoms with Crippen molar-refractivity contribution < 1.29 is 8.83 Å². The molecular weight excluding hydrogens is 819 g/mol. The van der Waals surface area contributed by atoms with E-state index in [1.807, 2.05) is 18.2 Å². The van der Waals surface area contributed by atoms with Gasteiger partial charge in [0.25, 0.3) is 0 Å². The Morgan fingerprint density at radius 3 is 1.36 bits per heavy atom. The first-order chi connectivity index (χ1) is 33.2. The lowest BCUT2D eigenvalue weighted by Gasteiger charge is -2.11. The zero-order valence-electron chi connectivity index (χ0n) is 36.0. The van der Waals surface area contributed by atoms with E-state index in [0.717, 1.165) is 77.7 Å². The molecule has 312 valence electrons. The van der Waals surface area contributed by atoms with Gasteiger partial charge in [-0.1, -0.05) is 121 Å². The Morgan fingerprint density at radius 2 is 0.687 bits per heavy atom. The summed E-state index contributed by atoms with van der Waals surface area (Å²) in [5.74, 6) is 0. The summed E-state index contributed by atoms with van der Waals surface area (Å²) >= 11 is 0. The monoisotopic (exact) mass is 855 g/mol. The summed E-state index contributed by atoms with van der Waals surface area (Å²) < 4.78 is 19.8. The molecule has 0 saturated heterocycles. The molecule has 0 fully saturated rings. The average molecular weight is 856 g/mol. The highest BCUT2D eigenvalue weighted by Gasteiger charge is 2.21. The van der Waals surface area contributed by atoms with Gasteiger partial charge in [0.15, 0.2) is 0 Å². The van der Waals surface area contributed by atoms with Crippen molar-refractivity contribution in [1.29, 1.82) is 0 Å². The van der Waals surface area contributed by atoms with Gasteiger partial charge in [0.05, 0.1) is 33.0 Å². The maximum Gasteiger partial charge on any atom is 0.213 e. The first kappa shape index (κ1) is 36.3. The Labute approximate surface area is 383 Å². The molecule has 0 atom stereocenters. The fourth-order valence-electron chi connectivity index (χ4n) is 11.0. The van der Waals surface area contributed by atoms with Gasteiger partial charge in [-0.2, -0.15) is 0 Å². The SMILES string of the molecule is c1ccc(-n2c3ccc(-c4ccc(-n5c6ccccc6c6cc(-c7ccc8c(c7)c7ccccc7n8-c7ccc8oc9ccccc9c8c7)ccc65)cc4)cc3c3c4ccccc4oc32)cc1. The van der Waals surface area contributed by atoms with Crippen molar-refractivity contribution in [2.45, 2.75) is 0 Å². The third-order valence-corrected chi connectivity index (χ3v) is 14.1. The fourth-order valence-corrected chi connectivity index (χ4v) is 11.0. The largest absolute Gasteiger partial charge is 0.456 e. The predicted molar refractivity (Wildman–Crippen MR) is 277 cm³/mol. The van der Waals surface area contributed by atoms with Crippen LogP contribution in [0.2, 0.25) is 0 Å². The van der Waals surface area contributed by atoms with Gasteiger partial charge in [0, 0.05) is 60.2 Å². The van der Waals surface area contributed by atoms with Crippen LogP contribution in [0.15, 0.2) is 233 Å². The van der Waals surface area contributed by atoms with Gasteiger partial charge in [-0.3, -0.25) is 4.57 Å². The van der Waals surface area contributed by atoms with E-state index in [9.17, 15) is 0 Å². The Bertz CT molecular complexity index is 4500. The summed E-state index contributed by atoms with van der Waals surface area (Å²) in [7, 11) is 0. The normalized spacial score (nSPS) is 12.2. The Hall–Kier alpha value is -9.06.